The lowest BCUT2D eigenvalue weighted by molar-refractivity contribution is -0.148. The van der Waals surface area contributed by atoms with Crippen LogP contribution in [0.5, 0.6) is 11.5 Å². The number of hydrogen-bond acceptors (Lipinski definition) is 5. The van der Waals surface area contributed by atoms with Gasteiger partial charge in [-0.2, -0.15) is 0 Å². The number of phenols is 1. The highest BCUT2D eigenvalue weighted by Crippen LogP contribution is 2.33. The molecule has 1 heterocycles. The molecule has 0 saturated carbocycles. The highest BCUT2D eigenvalue weighted by molar-refractivity contribution is 6.04. The van der Waals surface area contributed by atoms with Crippen molar-refractivity contribution >= 4 is 23.6 Å². The summed E-state index contributed by atoms with van der Waals surface area (Å²) in [5.74, 6) is -0.650. The Morgan fingerprint density at radius 1 is 0.952 bits per heavy atom. The Labute approximate surface area is 250 Å². The number of carboxylic acid groups (broad SMARTS) is 1. The molecule has 0 fully saturated rings. The van der Waals surface area contributed by atoms with Crippen LogP contribution in [0.1, 0.15) is 63.6 Å². The van der Waals surface area contributed by atoms with Crippen LogP contribution in [0.4, 0.5) is 5.69 Å². The Morgan fingerprint density at radius 3 is 2.21 bits per heavy atom. The summed E-state index contributed by atoms with van der Waals surface area (Å²) in [6, 6.07) is 20.5. The van der Waals surface area contributed by atoms with E-state index in [1.165, 1.54) is 17.0 Å². The number of rotatable bonds is 10. The lowest BCUT2D eigenvalue weighted by Crippen LogP contribution is -2.48. The zero-order chi connectivity index (χ0) is 31.2. The van der Waals surface area contributed by atoms with Gasteiger partial charge in [-0.05, 0) is 53.8 Å². The van der Waals surface area contributed by atoms with E-state index >= 15 is 0 Å². The van der Waals surface area contributed by atoms with Gasteiger partial charge in [-0.25, -0.2) is 4.79 Å². The molecular formula is C35H44N2O5. The maximum absolute atomic E-state index is 14.0. The lowest BCUT2D eigenvalue weighted by atomic mass is 9.94. The second kappa shape index (κ2) is 16.7. The fourth-order valence-corrected chi connectivity index (χ4v) is 4.68. The number of nitrogens with one attached hydrogen (secondary N) is 1. The van der Waals surface area contributed by atoms with Gasteiger partial charge in [0.15, 0.2) is 0 Å². The van der Waals surface area contributed by atoms with E-state index in [9.17, 15) is 19.8 Å². The zero-order valence-corrected chi connectivity index (χ0v) is 25.6. The van der Waals surface area contributed by atoms with Crippen molar-refractivity contribution in [3.63, 3.8) is 0 Å². The van der Waals surface area contributed by atoms with Crippen LogP contribution in [-0.2, 0) is 16.0 Å². The highest BCUT2D eigenvalue weighted by Gasteiger charge is 2.34. The molecule has 3 N–H and O–H groups in total. The number of aliphatic carboxylic acids is 1. The van der Waals surface area contributed by atoms with Crippen LogP contribution in [0.2, 0.25) is 0 Å². The van der Waals surface area contributed by atoms with E-state index in [1.54, 1.807) is 24.3 Å². The average molecular weight is 573 g/mol. The van der Waals surface area contributed by atoms with Crippen LogP contribution in [0, 0.1) is 0 Å². The second-order valence-corrected chi connectivity index (χ2v) is 9.37. The first-order valence-electron chi connectivity index (χ1n) is 14.5. The first kappa shape index (κ1) is 33.7. The number of aromatic hydroxyl groups is 1. The lowest BCUT2D eigenvalue weighted by Gasteiger charge is -2.32. The number of para-hydroxylation sites is 2. The molecule has 42 heavy (non-hydrogen) atoms. The summed E-state index contributed by atoms with van der Waals surface area (Å²) in [4.78, 5) is 28.0. The zero-order valence-electron chi connectivity index (χ0n) is 25.6. The van der Waals surface area contributed by atoms with E-state index in [2.05, 4.69) is 18.8 Å². The minimum absolute atomic E-state index is 0.0533. The smallest absolute Gasteiger partial charge is 0.326 e. The summed E-state index contributed by atoms with van der Waals surface area (Å²) < 4.78 is 5.82. The molecule has 224 valence electrons. The minimum Gasteiger partial charge on any atom is -0.508 e. The molecule has 0 radical (unpaired) electrons. The molecule has 3 aromatic rings. The normalized spacial score (nSPS) is 12.9. The van der Waals surface area contributed by atoms with Gasteiger partial charge in [-0.15, -0.1) is 0 Å². The SMILES string of the molecule is C=C1Oc2ccccc2C=C1C(=O)N(CCC(C)c1ccccc1NC)C(Cc1ccc(O)cc1)C(=O)O.CC.CC. The van der Waals surface area contributed by atoms with E-state index < -0.39 is 17.9 Å². The predicted octanol–water partition coefficient (Wildman–Crippen LogP) is 7.49. The number of hydrogen-bond donors (Lipinski definition) is 3. The summed E-state index contributed by atoms with van der Waals surface area (Å²) >= 11 is 0. The molecule has 1 aliphatic rings. The molecule has 7 heteroatoms. The van der Waals surface area contributed by atoms with Gasteiger partial charge < -0.3 is 25.2 Å². The molecule has 2 unspecified atom stereocenters. The van der Waals surface area contributed by atoms with Crippen LogP contribution >= 0.6 is 0 Å². The van der Waals surface area contributed by atoms with Crippen molar-refractivity contribution in [1.29, 1.82) is 0 Å². The molecule has 4 rings (SSSR count). The molecule has 0 aliphatic carbocycles. The molecule has 3 aromatic carbocycles. The van der Waals surface area contributed by atoms with Crippen molar-refractivity contribution in [2.75, 3.05) is 18.9 Å². The van der Waals surface area contributed by atoms with Gasteiger partial charge in [0.1, 0.15) is 23.3 Å². The maximum atomic E-state index is 14.0. The van der Waals surface area contributed by atoms with Crippen LogP contribution in [0.3, 0.4) is 0 Å². The number of fused-ring (bicyclic) bond motifs is 1. The second-order valence-electron chi connectivity index (χ2n) is 9.37. The Balaban J connectivity index is 0.00000148. The predicted molar refractivity (Wildman–Crippen MR) is 171 cm³/mol. The monoisotopic (exact) mass is 572 g/mol. The van der Waals surface area contributed by atoms with Crippen LogP contribution in [0.15, 0.2) is 90.7 Å². The number of carbonyl (C=O) groups is 2. The number of carboxylic acids is 1. The molecule has 1 aliphatic heterocycles. The first-order chi connectivity index (χ1) is 20.3. The summed E-state index contributed by atoms with van der Waals surface area (Å²) in [6.07, 6.45) is 2.33. The molecule has 7 nitrogen and oxygen atoms in total. The molecule has 0 bridgehead atoms. The van der Waals surface area contributed by atoms with E-state index in [4.69, 9.17) is 4.74 Å². The van der Waals surface area contributed by atoms with E-state index in [-0.39, 0.29) is 36.0 Å². The molecule has 0 spiro atoms. The van der Waals surface area contributed by atoms with E-state index in [1.807, 2.05) is 77.2 Å². The average Bonchev–Trinajstić information content (AvgIpc) is 3.02. The molecule has 0 aromatic heterocycles. The molecule has 1 amide bonds. The van der Waals surface area contributed by atoms with E-state index in [0.717, 1.165) is 16.8 Å². The number of carbonyl (C=O) groups excluding carboxylic acids is 1. The van der Waals surface area contributed by atoms with Gasteiger partial charge >= 0.3 is 5.97 Å². The topological polar surface area (TPSA) is 99.1 Å². The Kier molecular flexibility index (Phi) is 13.4. The Morgan fingerprint density at radius 2 is 1.57 bits per heavy atom. The van der Waals surface area contributed by atoms with Gasteiger partial charge in [0.2, 0.25) is 0 Å². The van der Waals surface area contributed by atoms with Crippen LogP contribution in [-0.4, -0.2) is 46.6 Å². The summed E-state index contributed by atoms with van der Waals surface area (Å²) in [5.41, 5.74) is 3.73. The largest absolute Gasteiger partial charge is 0.508 e. The summed E-state index contributed by atoms with van der Waals surface area (Å²) in [5, 5.41) is 23.1. The Bertz CT molecular complexity index is 1360. The first-order valence-corrected chi connectivity index (χ1v) is 14.5. The quantitative estimate of drug-likeness (QED) is 0.233. The van der Waals surface area contributed by atoms with Crippen molar-refractivity contribution in [1.82, 2.24) is 4.90 Å². The van der Waals surface area contributed by atoms with Crippen molar-refractivity contribution in [3.05, 3.63) is 107 Å². The third-order valence-corrected chi connectivity index (χ3v) is 6.83. The fourth-order valence-electron chi connectivity index (χ4n) is 4.68. The van der Waals surface area contributed by atoms with Gasteiger partial charge in [0, 0.05) is 31.3 Å². The number of benzene rings is 3. The van der Waals surface area contributed by atoms with Crippen molar-refractivity contribution in [2.24, 2.45) is 0 Å². The van der Waals surface area contributed by atoms with Crippen molar-refractivity contribution in [3.8, 4) is 11.5 Å². The number of amides is 1. The van der Waals surface area contributed by atoms with Gasteiger partial charge in [-0.1, -0.05) is 89.7 Å². The molecule has 0 saturated heterocycles. The fraction of sp³-hybridized carbons (Fsp3) is 0.314. The number of ether oxygens (including phenoxy) is 1. The van der Waals surface area contributed by atoms with Gasteiger partial charge in [0.25, 0.3) is 5.91 Å². The van der Waals surface area contributed by atoms with Gasteiger partial charge in [-0.3, -0.25) is 4.79 Å². The van der Waals surface area contributed by atoms with Crippen LogP contribution < -0.4 is 10.1 Å². The molecule has 2 atom stereocenters. The summed E-state index contributed by atoms with van der Waals surface area (Å²) in [6.45, 7) is 14.2. The minimum atomic E-state index is -1.13. The number of nitrogens with zero attached hydrogens (tertiary/aromatic N) is 1. The number of anilines is 1. The standard InChI is InChI=1S/C31H32N2O5.2C2H6/c1-20(25-9-5-6-10-27(25)32-3)16-17-33(28(31(36)37)18-22-12-14-24(34)15-13-22)30(35)26-19-23-8-4-7-11-29(23)38-21(26)2;2*1-2/h4-15,19-20,28,32,34H,2,16-18H2,1,3H3,(H,36,37);2*1-2H3. The van der Waals surface area contributed by atoms with Crippen molar-refractivity contribution in [2.45, 2.75) is 59.4 Å². The third kappa shape index (κ3) is 8.49. The van der Waals surface area contributed by atoms with Crippen molar-refractivity contribution < 1.29 is 24.5 Å². The van der Waals surface area contributed by atoms with Crippen LogP contribution in [0.25, 0.3) is 6.08 Å². The van der Waals surface area contributed by atoms with Gasteiger partial charge in [0.05, 0.1) is 5.57 Å². The Hall–Kier alpha value is -4.52. The highest BCUT2D eigenvalue weighted by atomic mass is 16.5. The molecular weight excluding hydrogens is 528 g/mol. The summed E-state index contributed by atoms with van der Waals surface area (Å²) in [7, 11) is 1.86. The van der Waals surface area contributed by atoms with E-state index in [0.29, 0.717) is 17.7 Å². The maximum Gasteiger partial charge on any atom is 0.326 e. The third-order valence-electron chi connectivity index (χ3n) is 6.83. The number of phenolic OH excluding ortho intramolecular Hbond substituents is 1.